The molecule has 1 aromatic carbocycles. The fraction of sp³-hybridized carbons (Fsp3) is 0.200. The van der Waals surface area contributed by atoms with E-state index in [9.17, 15) is 4.79 Å². The van der Waals surface area contributed by atoms with Crippen LogP contribution in [0.1, 0.15) is 22.8 Å². The van der Waals surface area contributed by atoms with E-state index < -0.39 is 0 Å². The summed E-state index contributed by atoms with van der Waals surface area (Å²) in [5.74, 6) is 0.381. The zero-order valence-corrected chi connectivity index (χ0v) is 14.9. The van der Waals surface area contributed by atoms with Crippen LogP contribution >= 0.6 is 31.9 Å². The van der Waals surface area contributed by atoms with Crippen LogP contribution in [0.4, 0.5) is 11.5 Å². The minimum Gasteiger partial charge on any atom is -0.370 e. The molecule has 2 N–H and O–H groups in total. The number of benzene rings is 1. The topological polar surface area (TPSA) is 54.0 Å². The zero-order chi connectivity index (χ0) is 15.4. The Bertz CT molecular complexity index is 674. The van der Waals surface area contributed by atoms with Crippen LogP contribution < -0.4 is 10.6 Å². The van der Waals surface area contributed by atoms with Gasteiger partial charge in [-0.3, -0.25) is 4.79 Å². The maximum absolute atomic E-state index is 12.5. The number of nitrogens with zero attached hydrogens (tertiary/aromatic N) is 1. The SMILES string of the molecule is CCNc1ncc(Br)cc1C(=O)Nc1cc(Br)ccc1C. The van der Waals surface area contributed by atoms with Crippen LogP contribution in [0.2, 0.25) is 0 Å². The number of hydrogen-bond donors (Lipinski definition) is 2. The Labute approximate surface area is 140 Å². The van der Waals surface area contributed by atoms with Gasteiger partial charge in [0.2, 0.25) is 0 Å². The summed E-state index contributed by atoms with van der Waals surface area (Å²) in [6.45, 7) is 4.61. The van der Waals surface area contributed by atoms with Crippen molar-refractivity contribution in [3.05, 3.63) is 50.5 Å². The molecule has 4 nitrogen and oxygen atoms in total. The van der Waals surface area contributed by atoms with Gasteiger partial charge in [0.1, 0.15) is 5.82 Å². The molecule has 0 spiro atoms. The smallest absolute Gasteiger partial charge is 0.259 e. The van der Waals surface area contributed by atoms with E-state index in [0.29, 0.717) is 17.9 Å². The highest BCUT2D eigenvalue weighted by atomic mass is 79.9. The fourth-order valence-corrected chi connectivity index (χ4v) is 2.53. The van der Waals surface area contributed by atoms with Crippen LogP contribution in [0.3, 0.4) is 0 Å². The number of nitrogens with one attached hydrogen (secondary N) is 2. The Morgan fingerprint density at radius 2 is 2.00 bits per heavy atom. The molecule has 0 saturated carbocycles. The van der Waals surface area contributed by atoms with Crippen molar-refractivity contribution >= 4 is 49.3 Å². The van der Waals surface area contributed by atoms with E-state index in [1.807, 2.05) is 32.0 Å². The number of pyridine rings is 1. The van der Waals surface area contributed by atoms with E-state index >= 15 is 0 Å². The van der Waals surface area contributed by atoms with Gasteiger partial charge in [0, 0.05) is 27.4 Å². The first-order chi connectivity index (χ1) is 10.0. The molecule has 1 amide bonds. The number of aryl methyl sites for hydroxylation is 1. The maximum atomic E-state index is 12.5. The van der Waals surface area contributed by atoms with Crippen molar-refractivity contribution < 1.29 is 4.79 Å². The highest BCUT2D eigenvalue weighted by Gasteiger charge is 2.14. The fourth-order valence-electron chi connectivity index (χ4n) is 1.84. The second-order valence-electron chi connectivity index (χ2n) is 4.49. The number of carbonyl (C=O) groups excluding carboxylic acids is 1. The minimum atomic E-state index is -0.194. The van der Waals surface area contributed by atoms with Crippen molar-refractivity contribution in [3.8, 4) is 0 Å². The molecule has 1 aromatic heterocycles. The molecule has 1 heterocycles. The van der Waals surface area contributed by atoms with Crippen LogP contribution in [0.15, 0.2) is 39.4 Å². The lowest BCUT2D eigenvalue weighted by molar-refractivity contribution is 0.102. The molecule has 0 aliphatic rings. The molecule has 0 aliphatic heterocycles. The van der Waals surface area contributed by atoms with Gasteiger partial charge in [-0.25, -0.2) is 4.98 Å². The van der Waals surface area contributed by atoms with Gasteiger partial charge in [0.25, 0.3) is 5.91 Å². The molecule has 0 radical (unpaired) electrons. The number of halogens is 2. The summed E-state index contributed by atoms with van der Waals surface area (Å²) in [5, 5.41) is 6.02. The summed E-state index contributed by atoms with van der Waals surface area (Å²) in [5.41, 5.74) is 2.28. The van der Waals surface area contributed by atoms with Crippen LogP contribution in [0.5, 0.6) is 0 Å². The monoisotopic (exact) mass is 411 g/mol. The molecule has 0 unspecified atom stereocenters. The molecule has 110 valence electrons. The van der Waals surface area contributed by atoms with E-state index in [4.69, 9.17) is 0 Å². The van der Waals surface area contributed by atoms with Crippen molar-refractivity contribution in [2.75, 3.05) is 17.2 Å². The average molecular weight is 413 g/mol. The summed E-state index contributed by atoms with van der Waals surface area (Å²) in [4.78, 5) is 16.7. The average Bonchev–Trinajstić information content (AvgIpc) is 2.45. The lowest BCUT2D eigenvalue weighted by atomic mass is 10.2. The predicted molar refractivity (Wildman–Crippen MR) is 92.9 cm³/mol. The molecule has 2 rings (SSSR count). The summed E-state index contributed by atoms with van der Waals surface area (Å²) in [6, 6.07) is 7.53. The Hall–Kier alpha value is -1.40. The van der Waals surface area contributed by atoms with E-state index in [2.05, 4.69) is 47.5 Å². The largest absolute Gasteiger partial charge is 0.370 e. The van der Waals surface area contributed by atoms with E-state index in [0.717, 1.165) is 20.2 Å². The van der Waals surface area contributed by atoms with Crippen LogP contribution in [-0.2, 0) is 0 Å². The van der Waals surface area contributed by atoms with Crippen molar-refractivity contribution in [2.45, 2.75) is 13.8 Å². The molecule has 6 heteroatoms. The van der Waals surface area contributed by atoms with E-state index in [1.54, 1.807) is 12.3 Å². The lowest BCUT2D eigenvalue weighted by Crippen LogP contribution is -2.16. The van der Waals surface area contributed by atoms with Crippen molar-refractivity contribution in [1.82, 2.24) is 4.98 Å². The van der Waals surface area contributed by atoms with E-state index in [1.165, 1.54) is 0 Å². The standard InChI is InChI=1S/C15H15Br2N3O/c1-3-18-14-12(6-11(17)8-19-14)15(21)20-13-7-10(16)5-4-9(13)2/h4-8H,3H2,1-2H3,(H,18,19)(H,20,21). The zero-order valence-electron chi connectivity index (χ0n) is 11.7. The summed E-state index contributed by atoms with van der Waals surface area (Å²) in [7, 11) is 0. The normalized spacial score (nSPS) is 10.3. The van der Waals surface area contributed by atoms with Gasteiger partial charge in [-0.2, -0.15) is 0 Å². The van der Waals surface area contributed by atoms with Gasteiger partial charge in [0.05, 0.1) is 5.56 Å². The molecule has 0 fully saturated rings. The van der Waals surface area contributed by atoms with Crippen LogP contribution in [0, 0.1) is 6.92 Å². The van der Waals surface area contributed by atoms with Crippen LogP contribution in [-0.4, -0.2) is 17.4 Å². The Balaban J connectivity index is 2.31. The van der Waals surface area contributed by atoms with Crippen molar-refractivity contribution in [1.29, 1.82) is 0 Å². The third-order valence-electron chi connectivity index (χ3n) is 2.89. The van der Waals surface area contributed by atoms with Crippen molar-refractivity contribution in [2.24, 2.45) is 0 Å². The summed E-state index contributed by atoms with van der Waals surface area (Å²) < 4.78 is 1.68. The van der Waals surface area contributed by atoms with Gasteiger partial charge < -0.3 is 10.6 Å². The highest BCUT2D eigenvalue weighted by Crippen LogP contribution is 2.23. The Kier molecular flexibility index (Phi) is 5.36. The van der Waals surface area contributed by atoms with Gasteiger partial charge in [0.15, 0.2) is 0 Å². The van der Waals surface area contributed by atoms with E-state index in [-0.39, 0.29) is 5.91 Å². The molecular formula is C15H15Br2N3O. The van der Waals surface area contributed by atoms with Crippen LogP contribution in [0.25, 0.3) is 0 Å². The number of anilines is 2. The first-order valence-electron chi connectivity index (χ1n) is 6.48. The Morgan fingerprint density at radius 3 is 2.71 bits per heavy atom. The number of carbonyl (C=O) groups is 1. The Morgan fingerprint density at radius 1 is 1.24 bits per heavy atom. The second-order valence-corrected chi connectivity index (χ2v) is 6.32. The van der Waals surface area contributed by atoms with Gasteiger partial charge >= 0.3 is 0 Å². The van der Waals surface area contributed by atoms with Gasteiger partial charge in [-0.1, -0.05) is 22.0 Å². The maximum Gasteiger partial charge on any atom is 0.259 e. The summed E-state index contributed by atoms with van der Waals surface area (Å²) >= 11 is 6.76. The van der Waals surface area contributed by atoms with Gasteiger partial charge in [-0.15, -0.1) is 0 Å². The number of rotatable bonds is 4. The molecule has 2 aromatic rings. The lowest BCUT2D eigenvalue weighted by Gasteiger charge is -2.12. The third kappa shape index (κ3) is 4.04. The van der Waals surface area contributed by atoms with Gasteiger partial charge in [-0.05, 0) is 53.5 Å². The molecule has 0 bridgehead atoms. The number of hydrogen-bond acceptors (Lipinski definition) is 3. The molecule has 0 saturated heterocycles. The number of amides is 1. The number of aromatic nitrogens is 1. The second kappa shape index (κ2) is 7.04. The van der Waals surface area contributed by atoms with Crippen molar-refractivity contribution in [3.63, 3.8) is 0 Å². The highest BCUT2D eigenvalue weighted by molar-refractivity contribution is 9.10. The summed E-state index contributed by atoms with van der Waals surface area (Å²) in [6.07, 6.45) is 1.67. The molecule has 21 heavy (non-hydrogen) atoms. The minimum absolute atomic E-state index is 0.194. The first-order valence-corrected chi connectivity index (χ1v) is 8.06. The predicted octanol–water partition coefficient (Wildman–Crippen LogP) is 4.60. The molecular weight excluding hydrogens is 398 g/mol. The quantitative estimate of drug-likeness (QED) is 0.771. The third-order valence-corrected chi connectivity index (χ3v) is 3.82. The molecule has 0 atom stereocenters. The first kappa shape index (κ1) is 16.0. The molecule has 0 aliphatic carbocycles.